The van der Waals surface area contributed by atoms with Gasteiger partial charge in [0.25, 0.3) is 0 Å². The summed E-state index contributed by atoms with van der Waals surface area (Å²) in [7, 11) is 0. The standard InChI is InChI=1S/C36H37N3/c1-2-13-21-33(20-12-1)37-26-28-22-24-29(25-23-28)34-27-38-39-35(34)36(30-14-6-3-7-15-30,31-16-8-4-9-17-31)32-18-10-5-11-19-32/h3-11,14-19,22-25,27,33,37H,1-2,12-13,20-21,26H2,(H,38,39). The molecule has 4 aromatic carbocycles. The van der Waals surface area contributed by atoms with Crippen LogP contribution in [0.15, 0.2) is 121 Å². The number of nitrogens with one attached hydrogen (secondary N) is 2. The minimum absolute atomic E-state index is 0.546. The molecule has 39 heavy (non-hydrogen) atoms. The molecule has 1 aromatic heterocycles. The Kier molecular flexibility index (Phi) is 7.69. The van der Waals surface area contributed by atoms with Crippen molar-refractivity contribution in [2.24, 2.45) is 0 Å². The molecule has 196 valence electrons. The van der Waals surface area contributed by atoms with Crippen LogP contribution < -0.4 is 5.32 Å². The van der Waals surface area contributed by atoms with E-state index in [9.17, 15) is 0 Å². The number of aromatic amines is 1. The number of aromatic nitrogens is 2. The van der Waals surface area contributed by atoms with Crippen molar-refractivity contribution in [2.45, 2.75) is 56.5 Å². The summed E-state index contributed by atoms with van der Waals surface area (Å²) in [6.45, 7) is 0.922. The normalized spacial score (nSPS) is 14.7. The molecule has 0 bridgehead atoms. The van der Waals surface area contributed by atoms with E-state index in [0.717, 1.165) is 17.8 Å². The van der Waals surface area contributed by atoms with Gasteiger partial charge in [-0.05, 0) is 40.7 Å². The van der Waals surface area contributed by atoms with Gasteiger partial charge in [-0.1, -0.05) is 141 Å². The molecule has 1 aliphatic rings. The van der Waals surface area contributed by atoms with E-state index in [1.807, 2.05) is 6.20 Å². The van der Waals surface area contributed by atoms with Gasteiger partial charge in [-0.3, -0.25) is 5.10 Å². The lowest BCUT2D eigenvalue weighted by atomic mass is 9.66. The molecule has 0 saturated heterocycles. The fraction of sp³-hybridized carbons (Fsp3) is 0.250. The van der Waals surface area contributed by atoms with E-state index in [1.54, 1.807) is 0 Å². The molecule has 3 heteroatoms. The zero-order valence-electron chi connectivity index (χ0n) is 22.5. The van der Waals surface area contributed by atoms with E-state index in [2.05, 4.69) is 131 Å². The van der Waals surface area contributed by atoms with E-state index in [0.29, 0.717) is 6.04 Å². The molecule has 1 heterocycles. The Bertz CT molecular complexity index is 1340. The first kappa shape index (κ1) is 25.3. The monoisotopic (exact) mass is 511 g/mol. The number of hydrogen-bond acceptors (Lipinski definition) is 2. The minimum Gasteiger partial charge on any atom is -0.310 e. The maximum absolute atomic E-state index is 4.63. The predicted molar refractivity (Wildman–Crippen MR) is 161 cm³/mol. The fourth-order valence-corrected chi connectivity index (χ4v) is 6.34. The fourth-order valence-electron chi connectivity index (χ4n) is 6.34. The van der Waals surface area contributed by atoms with E-state index in [4.69, 9.17) is 0 Å². The second kappa shape index (κ2) is 11.8. The second-order valence-corrected chi connectivity index (χ2v) is 10.8. The lowest BCUT2D eigenvalue weighted by Gasteiger charge is -2.36. The van der Waals surface area contributed by atoms with Gasteiger partial charge in [0.15, 0.2) is 0 Å². The average molecular weight is 512 g/mol. The molecule has 5 aromatic rings. The SMILES string of the molecule is c1ccc(C(c2ccccc2)(c2ccccc2)c2[nH]ncc2-c2ccc(CNC3CCCCCC3)cc2)cc1. The third-order valence-corrected chi connectivity index (χ3v) is 8.35. The summed E-state index contributed by atoms with van der Waals surface area (Å²) in [6, 6.07) is 42.1. The van der Waals surface area contributed by atoms with E-state index in [-0.39, 0.29) is 0 Å². The number of rotatable bonds is 8. The second-order valence-electron chi connectivity index (χ2n) is 10.8. The molecule has 3 nitrogen and oxygen atoms in total. The molecule has 0 atom stereocenters. The minimum atomic E-state index is -0.546. The summed E-state index contributed by atoms with van der Waals surface area (Å²) in [5, 5.41) is 11.9. The Morgan fingerprint density at radius 1 is 0.641 bits per heavy atom. The first-order valence-corrected chi connectivity index (χ1v) is 14.4. The molecule has 0 spiro atoms. The first-order chi connectivity index (χ1) is 19.4. The number of nitrogens with zero attached hydrogens (tertiary/aromatic N) is 1. The van der Waals surface area contributed by atoms with Crippen molar-refractivity contribution in [1.82, 2.24) is 15.5 Å². The van der Waals surface area contributed by atoms with Gasteiger partial charge in [0.1, 0.15) is 0 Å². The van der Waals surface area contributed by atoms with Crippen LogP contribution in [0.25, 0.3) is 11.1 Å². The van der Waals surface area contributed by atoms with Crippen molar-refractivity contribution in [2.75, 3.05) is 0 Å². The Morgan fingerprint density at radius 3 is 1.67 bits per heavy atom. The van der Waals surface area contributed by atoms with Crippen LogP contribution in [-0.2, 0) is 12.0 Å². The summed E-state index contributed by atoms with van der Waals surface area (Å²) < 4.78 is 0. The maximum atomic E-state index is 4.63. The first-order valence-electron chi connectivity index (χ1n) is 14.4. The Balaban J connectivity index is 1.41. The predicted octanol–water partition coefficient (Wildman–Crippen LogP) is 8.27. The average Bonchev–Trinajstić information content (AvgIpc) is 3.34. The third-order valence-electron chi connectivity index (χ3n) is 8.35. The molecule has 2 N–H and O–H groups in total. The summed E-state index contributed by atoms with van der Waals surface area (Å²) in [6.07, 6.45) is 10.1. The van der Waals surface area contributed by atoms with Gasteiger partial charge < -0.3 is 5.32 Å². The summed E-state index contributed by atoms with van der Waals surface area (Å²) in [4.78, 5) is 0. The number of benzene rings is 4. The van der Waals surface area contributed by atoms with E-state index in [1.165, 1.54) is 66.3 Å². The Morgan fingerprint density at radius 2 is 1.15 bits per heavy atom. The smallest absolute Gasteiger partial charge is 0.0874 e. The van der Waals surface area contributed by atoms with Crippen molar-refractivity contribution >= 4 is 0 Å². The van der Waals surface area contributed by atoms with Crippen molar-refractivity contribution in [3.63, 3.8) is 0 Å². The molecular formula is C36H37N3. The van der Waals surface area contributed by atoms with Crippen molar-refractivity contribution in [3.8, 4) is 11.1 Å². The Labute approximate surface area is 232 Å². The van der Waals surface area contributed by atoms with Crippen LogP contribution in [0.5, 0.6) is 0 Å². The van der Waals surface area contributed by atoms with Crippen LogP contribution in [0.3, 0.4) is 0 Å². The molecule has 1 saturated carbocycles. The number of hydrogen-bond donors (Lipinski definition) is 2. The topological polar surface area (TPSA) is 40.7 Å². The van der Waals surface area contributed by atoms with Gasteiger partial charge in [-0.2, -0.15) is 5.10 Å². The van der Waals surface area contributed by atoms with Gasteiger partial charge in [0, 0.05) is 18.2 Å². The zero-order chi connectivity index (χ0) is 26.3. The third kappa shape index (κ3) is 5.20. The van der Waals surface area contributed by atoms with Crippen LogP contribution in [0.4, 0.5) is 0 Å². The highest BCUT2D eigenvalue weighted by atomic mass is 15.1. The van der Waals surface area contributed by atoms with Gasteiger partial charge in [-0.15, -0.1) is 0 Å². The van der Waals surface area contributed by atoms with Gasteiger partial charge in [0.05, 0.1) is 17.3 Å². The Hall–Kier alpha value is -3.95. The lowest BCUT2D eigenvalue weighted by molar-refractivity contribution is 0.459. The van der Waals surface area contributed by atoms with E-state index < -0.39 is 5.41 Å². The summed E-state index contributed by atoms with van der Waals surface area (Å²) in [5.41, 5.74) is 7.77. The highest BCUT2D eigenvalue weighted by Gasteiger charge is 2.41. The number of H-pyrrole nitrogens is 1. The maximum Gasteiger partial charge on any atom is 0.0874 e. The van der Waals surface area contributed by atoms with E-state index >= 15 is 0 Å². The molecule has 1 aliphatic carbocycles. The molecule has 0 amide bonds. The van der Waals surface area contributed by atoms with Crippen molar-refractivity contribution in [1.29, 1.82) is 0 Å². The lowest BCUT2D eigenvalue weighted by Crippen LogP contribution is -2.32. The van der Waals surface area contributed by atoms with Crippen LogP contribution in [-0.4, -0.2) is 16.2 Å². The molecule has 6 rings (SSSR count). The van der Waals surface area contributed by atoms with Crippen LogP contribution in [0, 0.1) is 0 Å². The van der Waals surface area contributed by atoms with Gasteiger partial charge >= 0.3 is 0 Å². The highest BCUT2D eigenvalue weighted by molar-refractivity contribution is 5.72. The highest BCUT2D eigenvalue weighted by Crippen LogP contribution is 2.47. The van der Waals surface area contributed by atoms with Crippen molar-refractivity contribution < 1.29 is 0 Å². The largest absolute Gasteiger partial charge is 0.310 e. The van der Waals surface area contributed by atoms with Gasteiger partial charge in [-0.25, -0.2) is 0 Å². The molecular weight excluding hydrogens is 474 g/mol. The molecule has 0 radical (unpaired) electrons. The summed E-state index contributed by atoms with van der Waals surface area (Å²) in [5.74, 6) is 0. The van der Waals surface area contributed by atoms with Crippen molar-refractivity contribution in [3.05, 3.63) is 149 Å². The van der Waals surface area contributed by atoms with Crippen LogP contribution >= 0.6 is 0 Å². The van der Waals surface area contributed by atoms with Gasteiger partial charge in [0.2, 0.25) is 0 Å². The van der Waals surface area contributed by atoms with Crippen LogP contribution in [0.2, 0.25) is 0 Å². The molecule has 1 fully saturated rings. The molecule has 0 unspecified atom stereocenters. The zero-order valence-corrected chi connectivity index (χ0v) is 22.5. The summed E-state index contributed by atoms with van der Waals surface area (Å²) >= 11 is 0. The van der Waals surface area contributed by atoms with Crippen LogP contribution in [0.1, 0.15) is 66.5 Å². The molecule has 0 aliphatic heterocycles. The quantitative estimate of drug-likeness (QED) is 0.163.